The fraction of sp³-hybridized carbons (Fsp3) is 0.308. The molecule has 106 valence electrons. The highest BCUT2D eigenvalue weighted by molar-refractivity contribution is 8.00. The average molecular weight is 309 g/mol. The lowest BCUT2D eigenvalue weighted by atomic mass is 10.2. The summed E-state index contributed by atoms with van der Waals surface area (Å²) < 4.78 is 4.85. The lowest BCUT2D eigenvalue weighted by Gasteiger charge is -2.12. The van der Waals surface area contributed by atoms with Crippen LogP contribution in [-0.4, -0.2) is 23.0 Å². The summed E-state index contributed by atoms with van der Waals surface area (Å²) in [4.78, 5) is 20.5. The van der Waals surface area contributed by atoms with Gasteiger partial charge in [-0.15, -0.1) is 0 Å². The van der Waals surface area contributed by atoms with Crippen molar-refractivity contribution in [2.24, 2.45) is 0 Å². The predicted octanol–water partition coefficient (Wildman–Crippen LogP) is 2.69. The van der Waals surface area contributed by atoms with E-state index in [9.17, 15) is 4.79 Å². The van der Waals surface area contributed by atoms with Gasteiger partial charge in [0.05, 0.1) is 7.11 Å². The molecule has 0 saturated carbocycles. The molecule has 2 aromatic heterocycles. The summed E-state index contributed by atoms with van der Waals surface area (Å²) in [6.07, 6.45) is 0.765. The van der Waals surface area contributed by atoms with Gasteiger partial charge in [0.15, 0.2) is 5.16 Å². The molecular weight excluding hydrogens is 294 g/mol. The molecule has 5 nitrogen and oxygen atoms in total. The quantitative estimate of drug-likeness (QED) is 0.520. The van der Waals surface area contributed by atoms with Crippen LogP contribution in [0.4, 0.5) is 5.82 Å². The summed E-state index contributed by atoms with van der Waals surface area (Å²) in [5.74, 6) is 0.0887. The molecule has 1 atom stereocenters. The molecule has 0 spiro atoms. The van der Waals surface area contributed by atoms with E-state index in [0.717, 1.165) is 17.7 Å². The maximum Gasteiger partial charge on any atom is 0.323 e. The van der Waals surface area contributed by atoms with Crippen molar-refractivity contribution < 1.29 is 9.53 Å². The zero-order valence-electron chi connectivity index (χ0n) is 11.2. The van der Waals surface area contributed by atoms with Crippen LogP contribution in [0.15, 0.2) is 28.0 Å². The van der Waals surface area contributed by atoms with Gasteiger partial charge in [-0.25, -0.2) is 9.97 Å². The summed E-state index contributed by atoms with van der Waals surface area (Å²) in [6, 6.07) is 3.63. The van der Waals surface area contributed by atoms with Crippen LogP contribution in [0.2, 0.25) is 0 Å². The Morgan fingerprint density at radius 2 is 2.35 bits per heavy atom. The zero-order valence-corrected chi connectivity index (χ0v) is 12.8. The number of aromatic nitrogens is 2. The van der Waals surface area contributed by atoms with Gasteiger partial charge in [-0.3, -0.25) is 4.79 Å². The number of ether oxygens (including phenoxy) is 1. The second-order valence-electron chi connectivity index (χ2n) is 4.00. The number of esters is 1. The molecule has 0 fully saturated rings. The van der Waals surface area contributed by atoms with Gasteiger partial charge in [-0.1, -0.05) is 18.7 Å². The van der Waals surface area contributed by atoms with Gasteiger partial charge in [-0.2, -0.15) is 11.3 Å². The molecule has 0 aliphatic rings. The molecule has 1 unspecified atom stereocenters. The van der Waals surface area contributed by atoms with E-state index in [1.807, 2.05) is 23.8 Å². The molecule has 2 N–H and O–H groups in total. The molecule has 7 heteroatoms. The number of thioether (sulfide) groups is 1. The molecule has 0 radical (unpaired) electrons. The topological polar surface area (TPSA) is 78.1 Å². The Labute approximate surface area is 125 Å². The third-order valence-corrected chi connectivity index (χ3v) is 4.42. The van der Waals surface area contributed by atoms with Gasteiger partial charge in [0.25, 0.3) is 0 Å². The molecule has 2 heterocycles. The van der Waals surface area contributed by atoms with Crippen LogP contribution in [-0.2, 0) is 16.0 Å². The monoisotopic (exact) mass is 309 g/mol. The largest absolute Gasteiger partial charge is 0.468 e. The van der Waals surface area contributed by atoms with E-state index in [2.05, 4.69) is 9.97 Å². The Hall–Kier alpha value is -1.60. The Bertz CT molecular complexity index is 587. The second kappa shape index (κ2) is 6.71. The molecule has 0 saturated heterocycles. The van der Waals surface area contributed by atoms with E-state index in [-0.39, 0.29) is 5.97 Å². The number of rotatable bonds is 5. The van der Waals surface area contributed by atoms with E-state index in [0.29, 0.717) is 11.0 Å². The summed E-state index contributed by atoms with van der Waals surface area (Å²) in [6.45, 7) is 1.99. The smallest absolute Gasteiger partial charge is 0.323 e. The highest BCUT2D eigenvalue weighted by Crippen LogP contribution is 2.35. The number of nitrogens with two attached hydrogens (primary N) is 1. The minimum Gasteiger partial charge on any atom is -0.468 e. The SMILES string of the molecule is CCc1cc(N)nc(SC(C(=O)OC)c2ccsc2)n1. The van der Waals surface area contributed by atoms with Crippen LogP contribution >= 0.6 is 23.1 Å². The van der Waals surface area contributed by atoms with Gasteiger partial charge in [0, 0.05) is 11.8 Å². The third kappa shape index (κ3) is 3.49. The third-order valence-electron chi connectivity index (χ3n) is 2.63. The molecule has 0 aliphatic heterocycles. The van der Waals surface area contributed by atoms with Gasteiger partial charge in [-0.05, 0) is 28.8 Å². The van der Waals surface area contributed by atoms with Crippen LogP contribution in [0.1, 0.15) is 23.4 Å². The van der Waals surface area contributed by atoms with Crippen molar-refractivity contribution in [1.29, 1.82) is 0 Å². The molecule has 0 aromatic carbocycles. The predicted molar refractivity (Wildman–Crippen MR) is 80.8 cm³/mol. The fourth-order valence-electron chi connectivity index (χ4n) is 1.62. The maximum atomic E-state index is 11.9. The summed E-state index contributed by atoms with van der Waals surface area (Å²) >= 11 is 2.78. The van der Waals surface area contributed by atoms with Gasteiger partial charge < -0.3 is 10.5 Å². The summed E-state index contributed by atoms with van der Waals surface area (Å²) in [5, 5.41) is 3.85. The minimum atomic E-state index is -0.474. The van der Waals surface area contributed by atoms with Crippen LogP contribution in [0.25, 0.3) is 0 Å². The Morgan fingerprint density at radius 1 is 1.55 bits per heavy atom. The van der Waals surface area contributed by atoms with Crippen molar-refractivity contribution in [3.63, 3.8) is 0 Å². The van der Waals surface area contributed by atoms with Crippen LogP contribution in [0, 0.1) is 0 Å². The van der Waals surface area contributed by atoms with E-state index in [4.69, 9.17) is 10.5 Å². The van der Waals surface area contributed by atoms with Crippen LogP contribution < -0.4 is 5.73 Å². The Morgan fingerprint density at radius 3 is 2.95 bits per heavy atom. The first-order chi connectivity index (χ1) is 9.63. The standard InChI is InChI=1S/C13H15N3O2S2/c1-3-9-6-10(14)16-13(15-9)20-11(12(17)18-2)8-4-5-19-7-8/h4-7,11H,3H2,1-2H3,(H2,14,15,16). The first-order valence-electron chi connectivity index (χ1n) is 6.04. The average Bonchev–Trinajstić information content (AvgIpc) is 2.97. The highest BCUT2D eigenvalue weighted by atomic mass is 32.2. The first-order valence-corrected chi connectivity index (χ1v) is 7.86. The lowest BCUT2D eigenvalue weighted by Crippen LogP contribution is -2.11. The van der Waals surface area contributed by atoms with Crippen molar-refractivity contribution in [2.75, 3.05) is 12.8 Å². The normalized spacial score (nSPS) is 12.1. The van der Waals surface area contributed by atoms with E-state index < -0.39 is 5.25 Å². The van der Waals surface area contributed by atoms with E-state index >= 15 is 0 Å². The molecule has 0 amide bonds. The van der Waals surface area contributed by atoms with Crippen molar-refractivity contribution in [3.8, 4) is 0 Å². The maximum absolute atomic E-state index is 11.9. The van der Waals surface area contributed by atoms with E-state index in [1.54, 1.807) is 6.07 Å². The number of nitrogen functional groups attached to an aromatic ring is 1. The van der Waals surface area contributed by atoms with Gasteiger partial charge in [0.1, 0.15) is 11.1 Å². The molecule has 2 aromatic rings. The van der Waals surface area contributed by atoms with Crippen molar-refractivity contribution in [3.05, 3.63) is 34.2 Å². The van der Waals surface area contributed by atoms with Crippen LogP contribution in [0.5, 0.6) is 0 Å². The highest BCUT2D eigenvalue weighted by Gasteiger charge is 2.24. The number of aryl methyl sites for hydroxylation is 1. The molecule has 2 rings (SSSR count). The number of nitrogens with zero attached hydrogens (tertiary/aromatic N) is 2. The lowest BCUT2D eigenvalue weighted by molar-refractivity contribution is -0.140. The molecule has 0 aliphatic carbocycles. The number of hydrogen-bond donors (Lipinski definition) is 1. The zero-order chi connectivity index (χ0) is 14.5. The van der Waals surface area contributed by atoms with Gasteiger partial charge >= 0.3 is 5.97 Å². The number of carbonyl (C=O) groups excluding carboxylic acids is 1. The number of anilines is 1. The van der Waals surface area contributed by atoms with Gasteiger partial charge in [0.2, 0.25) is 0 Å². The second-order valence-corrected chi connectivity index (χ2v) is 5.85. The number of thiophene rings is 1. The number of hydrogen-bond acceptors (Lipinski definition) is 7. The fourth-order valence-corrected chi connectivity index (χ4v) is 3.40. The molecular formula is C13H15N3O2S2. The molecule has 0 bridgehead atoms. The molecule has 20 heavy (non-hydrogen) atoms. The van der Waals surface area contributed by atoms with Crippen LogP contribution in [0.3, 0.4) is 0 Å². The first kappa shape index (κ1) is 14.8. The number of methoxy groups -OCH3 is 1. The summed E-state index contributed by atoms with van der Waals surface area (Å²) in [7, 11) is 1.37. The van der Waals surface area contributed by atoms with Crippen molar-refractivity contribution >= 4 is 34.9 Å². The van der Waals surface area contributed by atoms with Crippen molar-refractivity contribution in [1.82, 2.24) is 9.97 Å². The Kier molecular flexibility index (Phi) is 4.97. The van der Waals surface area contributed by atoms with Crippen molar-refractivity contribution in [2.45, 2.75) is 23.8 Å². The summed E-state index contributed by atoms with van der Waals surface area (Å²) in [5.41, 5.74) is 7.50. The Balaban J connectivity index is 2.28. The minimum absolute atomic E-state index is 0.322. The number of carbonyl (C=O) groups is 1. The van der Waals surface area contributed by atoms with E-state index in [1.165, 1.54) is 30.2 Å².